The van der Waals surface area contributed by atoms with E-state index in [0.29, 0.717) is 17.9 Å². The predicted octanol–water partition coefficient (Wildman–Crippen LogP) is 8.33. The highest BCUT2D eigenvalue weighted by Crippen LogP contribution is 2.37. The number of aldehydes is 1. The first kappa shape index (κ1) is 34.1. The molecule has 0 bridgehead atoms. The molecule has 0 aromatic heterocycles. The Balaban J connectivity index is 0.000000382. The van der Waals surface area contributed by atoms with Crippen molar-refractivity contribution in [2.75, 3.05) is 27.4 Å². The van der Waals surface area contributed by atoms with Crippen LogP contribution < -0.4 is 9.47 Å². The molecule has 2 aromatic rings. The van der Waals surface area contributed by atoms with Crippen LogP contribution in [0.5, 0.6) is 11.5 Å². The van der Waals surface area contributed by atoms with Crippen molar-refractivity contribution in [2.45, 2.75) is 90.6 Å². The summed E-state index contributed by atoms with van der Waals surface area (Å²) in [5.74, 6) is 1.62. The molecule has 0 fully saturated rings. The maximum atomic E-state index is 11.0. The molecule has 0 atom stereocenters. The first-order valence-corrected chi connectivity index (χ1v) is 19.3. The van der Waals surface area contributed by atoms with Crippen LogP contribution in [-0.4, -0.2) is 50.4 Å². The van der Waals surface area contributed by atoms with Gasteiger partial charge in [-0.05, 0) is 72.4 Å². The zero-order valence-electron chi connectivity index (χ0n) is 26.0. The smallest absolute Gasteiger partial charge is 0.191 e. The molecule has 0 N–H and O–H groups in total. The van der Waals surface area contributed by atoms with Gasteiger partial charge in [0.15, 0.2) is 22.9 Å². The third kappa shape index (κ3) is 9.99. The maximum Gasteiger partial charge on any atom is 0.191 e. The Morgan fingerprint density at radius 3 is 1.61 bits per heavy atom. The van der Waals surface area contributed by atoms with Crippen LogP contribution in [0.25, 0.3) is 0 Å². The van der Waals surface area contributed by atoms with Gasteiger partial charge in [-0.25, -0.2) is 0 Å². The van der Waals surface area contributed by atoms with Gasteiger partial charge < -0.3 is 18.3 Å². The van der Waals surface area contributed by atoms with Gasteiger partial charge in [0.1, 0.15) is 11.5 Å². The van der Waals surface area contributed by atoms with Crippen molar-refractivity contribution in [1.29, 1.82) is 0 Å². The average molecular weight is 561 g/mol. The largest absolute Gasteiger partial charge is 0.496 e. The molecule has 0 radical (unpaired) electrons. The normalized spacial score (nSPS) is 12.4. The van der Waals surface area contributed by atoms with Crippen LogP contribution in [0.4, 0.5) is 0 Å². The summed E-state index contributed by atoms with van der Waals surface area (Å²) in [6.07, 6.45) is 2.50. The van der Waals surface area contributed by atoms with Crippen LogP contribution in [0.3, 0.4) is 0 Å². The highest BCUT2D eigenvalue weighted by molar-refractivity contribution is 6.74. The van der Waals surface area contributed by atoms with Crippen molar-refractivity contribution >= 4 is 22.9 Å². The van der Waals surface area contributed by atoms with E-state index in [9.17, 15) is 4.79 Å². The fraction of sp³-hybridized carbons (Fsp3) is 0.581. The van der Waals surface area contributed by atoms with E-state index < -0.39 is 16.6 Å². The lowest BCUT2D eigenvalue weighted by molar-refractivity contribution is 0.112. The molecule has 0 spiro atoms. The molecule has 214 valence electrons. The Hall–Kier alpha value is -1.94. The van der Waals surface area contributed by atoms with Gasteiger partial charge in [-0.3, -0.25) is 4.79 Å². The van der Waals surface area contributed by atoms with Crippen LogP contribution >= 0.6 is 0 Å². The van der Waals surface area contributed by atoms with Crippen LogP contribution in [0.15, 0.2) is 42.5 Å². The van der Waals surface area contributed by atoms with Crippen LogP contribution in [0, 0.1) is 0 Å². The summed E-state index contributed by atoms with van der Waals surface area (Å²) >= 11 is 0. The van der Waals surface area contributed by atoms with Crippen molar-refractivity contribution in [1.82, 2.24) is 0 Å². The first-order chi connectivity index (χ1) is 17.5. The van der Waals surface area contributed by atoms with E-state index in [-0.39, 0.29) is 10.1 Å². The molecular formula is C31H52O5Si2. The number of hydrogen-bond acceptors (Lipinski definition) is 5. The number of rotatable bonds is 11. The summed E-state index contributed by atoms with van der Waals surface area (Å²) in [6.45, 7) is 24.0. The lowest BCUT2D eigenvalue weighted by Crippen LogP contribution is -2.41. The minimum Gasteiger partial charge on any atom is -0.496 e. The second kappa shape index (κ2) is 14.4. The molecule has 0 aliphatic heterocycles. The second-order valence-electron chi connectivity index (χ2n) is 12.7. The topological polar surface area (TPSA) is 54.0 Å². The van der Waals surface area contributed by atoms with Crippen molar-refractivity contribution in [3.63, 3.8) is 0 Å². The predicted molar refractivity (Wildman–Crippen MR) is 165 cm³/mol. The van der Waals surface area contributed by atoms with E-state index >= 15 is 0 Å². The number of hydrogen-bond donors (Lipinski definition) is 0. The highest BCUT2D eigenvalue weighted by Gasteiger charge is 2.37. The van der Waals surface area contributed by atoms with Gasteiger partial charge in [-0.2, -0.15) is 0 Å². The van der Waals surface area contributed by atoms with E-state index in [1.807, 2.05) is 30.3 Å². The Morgan fingerprint density at radius 1 is 0.684 bits per heavy atom. The molecule has 0 aliphatic carbocycles. The van der Waals surface area contributed by atoms with Crippen LogP contribution in [-0.2, 0) is 21.7 Å². The average Bonchev–Trinajstić information content (AvgIpc) is 2.83. The van der Waals surface area contributed by atoms with Gasteiger partial charge in [-0.1, -0.05) is 71.9 Å². The standard InChI is InChI=1S/C16H26O3Si.C15H26O2Si/c1-16(2,3)20(5,6)19-11-10-13-8-7-9-14(12-17)15(13)18-4;1-15(2,3)18(5,6)17-12-11-13-9-7-8-10-14(13)16-4/h7-9,12H,10-11H2,1-6H3;7-10H,11-12H2,1-6H3. The van der Waals surface area contributed by atoms with Crippen molar-refractivity contribution < 1.29 is 23.1 Å². The zero-order valence-corrected chi connectivity index (χ0v) is 28.0. The van der Waals surface area contributed by atoms with Crippen molar-refractivity contribution in [2.24, 2.45) is 0 Å². The first-order valence-electron chi connectivity index (χ1n) is 13.5. The van der Waals surface area contributed by atoms with Gasteiger partial charge in [0, 0.05) is 13.2 Å². The molecule has 0 unspecified atom stereocenters. The van der Waals surface area contributed by atoms with E-state index in [4.69, 9.17) is 18.3 Å². The summed E-state index contributed by atoms with van der Waals surface area (Å²) in [5.41, 5.74) is 2.84. The molecular weight excluding hydrogens is 509 g/mol. The molecule has 0 saturated carbocycles. The molecule has 5 nitrogen and oxygen atoms in total. The zero-order chi connectivity index (χ0) is 29.2. The third-order valence-electron chi connectivity index (χ3n) is 7.93. The van der Waals surface area contributed by atoms with Crippen molar-refractivity contribution in [3.8, 4) is 11.5 Å². The molecule has 0 amide bonds. The summed E-state index contributed by atoms with van der Waals surface area (Å²) in [6, 6.07) is 13.8. The van der Waals surface area contributed by atoms with E-state index in [0.717, 1.165) is 37.0 Å². The van der Waals surface area contributed by atoms with Gasteiger partial charge in [0.25, 0.3) is 0 Å². The van der Waals surface area contributed by atoms with Gasteiger partial charge >= 0.3 is 0 Å². The molecule has 2 rings (SSSR count). The van der Waals surface area contributed by atoms with Gasteiger partial charge in [0.05, 0.1) is 19.8 Å². The summed E-state index contributed by atoms with van der Waals surface area (Å²) in [5, 5.41) is 0.482. The van der Waals surface area contributed by atoms with E-state index in [1.165, 1.54) is 5.56 Å². The number of carbonyl (C=O) groups excluding carboxylic acids is 1. The maximum absolute atomic E-state index is 11.0. The minimum atomic E-state index is -1.72. The Bertz CT molecular complexity index is 1000. The molecule has 0 aliphatic rings. The quantitative estimate of drug-likeness (QED) is 0.204. The summed E-state index contributed by atoms with van der Waals surface area (Å²) in [7, 11) is -0.0322. The Kier molecular flexibility index (Phi) is 13.0. The van der Waals surface area contributed by atoms with Crippen LogP contribution in [0.1, 0.15) is 63.0 Å². The number of carbonyl (C=O) groups is 1. The number of methoxy groups -OCH3 is 2. The lowest BCUT2D eigenvalue weighted by atomic mass is 10.1. The molecule has 0 saturated heterocycles. The monoisotopic (exact) mass is 560 g/mol. The van der Waals surface area contributed by atoms with E-state index in [1.54, 1.807) is 20.3 Å². The fourth-order valence-corrected chi connectivity index (χ4v) is 5.41. The number of para-hydroxylation sites is 2. The SMILES string of the molecule is COc1c(C=O)cccc1CCO[Si](C)(C)C(C)(C)C.COc1ccccc1CCO[Si](C)(C)C(C)(C)C. The minimum absolute atomic E-state index is 0.210. The molecule has 7 heteroatoms. The third-order valence-corrected chi connectivity index (χ3v) is 17.0. The molecule has 0 heterocycles. The number of ether oxygens (including phenoxy) is 2. The van der Waals surface area contributed by atoms with E-state index in [2.05, 4.69) is 73.8 Å². The molecule has 2 aromatic carbocycles. The summed E-state index contributed by atoms with van der Waals surface area (Å²) in [4.78, 5) is 11.0. The highest BCUT2D eigenvalue weighted by atomic mass is 28.4. The fourth-order valence-electron chi connectivity index (χ4n) is 3.32. The number of benzene rings is 2. The summed E-state index contributed by atoms with van der Waals surface area (Å²) < 4.78 is 23.0. The Labute approximate surface area is 234 Å². The second-order valence-corrected chi connectivity index (χ2v) is 22.3. The van der Waals surface area contributed by atoms with Gasteiger partial charge in [0.2, 0.25) is 0 Å². The lowest BCUT2D eigenvalue weighted by Gasteiger charge is -2.36. The Morgan fingerprint density at radius 2 is 1.16 bits per heavy atom. The molecule has 38 heavy (non-hydrogen) atoms. The van der Waals surface area contributed by atoms with Crippen LogP contribution in [0.2, 0.25) is 36.3 Å². The van der Waals surface area contributed by atoms with Crippen molar-refractivity contribution in [3.05, 3.63) is 59.2 Å². The van der Waals surface area contributed by atoms with Gasteiger partial charge in [-0.15, -0.1) is 0 Å².